The van der Waals surface area contributed by atoms with Gasteiger partial charge >= 0.3 is 0 Å². The summed E-state index contributed by atoms with van der Waals surface area (Å²) in [6.07, 6.45) is 1.23. The highest BCUT2D eigenvalue weighted by Gasteiger charge is 2.72. The summed E-state index contributed by atoms with van der Waals surface area (Å²) >= 11 is 0. The van der Waals surface area contributed by atoms with Gasteiger partial charge in [0.1, 0.15) is 12.3 Å². The normalized spacial score (nSPS) is 29.1. The Kier molecular flexibility index (Phi) is 6.54. The zero-order chi connectivity index (χ0) is 23.9. The largest absolute Gasteiger partial charge is 0.333 e. The van der Waals surface area contributed by atoms with Crippen molar-refractivity contribution in [1.29, 1.82) is 5.26 Å². The summed E-state index contributed by atoms with van der Waals surface area (Å²) in [5, 5.41) is 11.3. The highest BCUT2D eigenvalue weighted by atomic mass is 31.2. The molecule has 2 aromatic heterocycles. The molecule has 0 spiro atoms. The van der Waals surface area contributed by atoms with E-state index in [9.17, 15) is 9.59 Å². The predicted octanol–water partition coefficient (Wildman–Crippen LogP) is 3.28. The summed E-state index contributed by atoms with van der Waals surface area (Å²) in [5.41, 5.74) is -0.493. The molecule has 2 N–H and O–H groups in total. The molecule has 2 fully saturated rings. The van der Waals surface area contributed by atoms with Crippen LogP contribution in [0.25, 0.3) is 11.2 Å². The Morgan fingerprint density at radius 3 is 2.97 bits per heavy atom. The van der Waals surface area contributed by atoms with Crippen LogP contribution in [0.15, 0.2) is 11.1 Å². The van der Waals surface area contributed by atoms with Crippen LogP contribution >= 0.6 is 8.38 Å². The molecule has 1 amide bonds. The monoisotopic (exact) mass is 478 g/mol. The third-order valence-electron chi connectivity index (χ3n) is 6.70. The number of alkyl halides is 1. The highest BCUT2D eigenvalue weighted by Crippen LogP contribution is 2.72. The van der Waals surface area contributed by atoms with E-state index >= 15 is 4.39 Å². The second-order valence-electron chi connectivity index (χ2n) is 8.92. The van der Waals surface area contributed by atoms with E-state index in [1.54, 1.807) is 25.1 Å². The lowest BCUT2D eigenvalue weighted by Crippen LogP contribution is -2.33. The fraction of sp³-hybridized carbons (Fsp3) is 0.667. The van der Waals surface area contributed by atoms with Gasteiger partial charge in [0.15, 0.2) is 19.5 Å². The molecule has 2 aliphatic rings. The van der Waals surface area contributed by atoms with E-state index in [1.165, 1.54) is 6.33 Å². The minimum Gasteiger partial charge on any atom is -0.333 e. The number of hydrogen-bond acceptors (Lipinski definition) is 7. The minimum atomic E-state index is -1.35. The molecule has 6 atom stereocenters. The molecule has 2 aliphatic carbocycles. The quantitative estimate of drug-likeness (QED) is 0.417. The number of carbonyl (C=O) groups is 1. The van der Waals surface area contributed by atoms with Crippen molar-refractivity contribution in [3.8, 4) is 6.07 Å². The second kappa shape index (κ2) is 9.09. The van der Waals surface area contributed by atoms with E-state index in [-0.39, 0.29) is 53.3 Å². The Morgan fingerprint density at radius 1 is 1.55 bits per heavy atom. The summed E-state index contributed by atoms with van der Waals surface area (Å²) < 4.78 is 29.1. The number of amides is 1. The molecule has 10 nitrogen and oxygen atoms in total. The van der Waals surface area contributed by atoms with Crippen molar-refractivity contribution < 1.29 is 18.2 Å². The first-order valence-corrected chi connectivity index (χ1v) is 12.7. The Bertz CT molecular complexity index is 1150. The molecule has 2 aromatic rings. The van der Waals surface area contributed by atoms with Crippen LogP contribution in [0.4, 0.5) is 10.3 Å². The van der Waals surface area contributed by atoms with Crippen LogP contribution in [0.5, 0.6) is 0 Å². The molecule has 0 bridgehead atoms. The van der Waals surface area contributed by atoms with Gasteiger partial charge in [-0.2, -0.15) is 10.2 Å². The van der Waals surface area contributed by atoms with Crippen molar-refractivity contribution >= 4 is 31.4 Å². The first-order valence-electron chi connectivity index (χ1n) is 11.1. The van der Waals surface area contributed by atoms with Crippen LogP contribution in [-0.2, 0) is 13.8 Å². The molecule has 1 unspecified atom stereocenters. The number of carbonyl (C=O) groups excluding carboxylic acids is 1. The number of nitrogens with one attached hydrogen (secondary N) is 2. The van der Waals surface area contributed by atoms with Gasteiger partial charge in [-0.3, -0.25) is 19.9 Å². The first-order chi connectivity index (χ1) is 15.7. The van der Waals surface area contributed by atoms with Gasteiger partial charge in [0.05, 0.1) is 31.5 Å². The maximum Gasteiger partial charge on any atom is 0.280 e. The molecular weight excluding hydrogens is 450 g/mol. The lowest BCUT2D eigenvalue weighted by atomic mass is 9.97. The first kappa shape index (κ1) is 23.7. The minimum absolute atomic E-state index is 0.00896. The molecule has 0 aromatic carbocycles. The summed E-state index contributed by atoms with van der Waals surface area (Å²) in [7, 11) is -1.34. The molecule has 178 valence electrons. The molecule has 0 aliphatic heterocycles. The van der Waals surface area contributed by atoms with Crippen LogP contribution in [0.3, 0.4) is 0 Å². The Balaban J connectivity index is 1.63. The third kappa shape index (κ3) is 4.16. The lowest BCUT2D eigenvalue weighted by molar-refractivity contribution is -0.118. The average Bonchev–Trinajstić information content (AvgIpc) is 3.26. The zero-order valence-electron chi connectivity index (χ0n) is 19.0. The number of imidazole rings is 1. The smallest absolute Gasteiger partial charge is 0.280 e. The van der Waals surface area contributed by atoms with Crippen LogP contribution in [-0.4, -0.2) is 51.0 Å². The van der Waals surface area contributed by atoms with Crippen LogP contribution in [0.2, 0.25) is 0 Å². The highest BCUT2D eigenvalue weighted by molar-refractivity contribution is 7.46. The number of nitriles is 1. The van der Waals surface area contributed by atoms with Gasteiger partial charge in [-0.15, -0.1) is 0 Å². The van der Waals surface area contributed by atoms with Gasteiger partial charge in [0, 0.05) is 18.0 Å². The van der Waals surface area contributed by atoms with E-state index in [2.05, 4.69) is 20.3 Å². The van der Waals surface area contributed by atoms with Crippen molar-refractivity contribution in [2.75, 3.05) is 18.6 Å². The van der Waals surface area contributed by atoms with Gasteiger partial charge in [0.25, 0.3) is 5.56 Å². The van der Waals surface area contributed by atoms with Crippen molar-refractivity contribution in [3.63, 3.8) is 0 Å². The molecular formula is C21H28FN6O4P. The SMILES string of the molecule is CC[C@@]12C[C@@H]1[C@@H](n1cnc3c(=O)[nH]c(NC(=O)C(C)C)nc31)[C@H](F)[C@@H]2OP(C)OCCC#N. The fourth-order valence-electron chi connectivity index (χ4n) is 4.85. The fourth-order valence-corrected chi connectivity index (χ4v) is 5.90. The van der Waals surface area contributed by atoms with Crippen molar-refractivity contribution in [2.24, 2.45) is 17.3 Å². The van der Waals surface area contributed by atoms with Crippen LogP contribution in [0.1, 0.15) is 46.1 Å². The molecule has 4 rings (SSSR count). The molecule has 0 saturated heterocycles. The van der Waals surface area contributed by atoms with E-state index in [0.717, 1.165) is 12.8 Å². The Labute approximate surface area is 191 Å². The van der Waals surface area contributed by atoms with Gasteiger partial charge < -0.3 is 13.6 Å². The zero-order valence-corrected chi connectivity index (χ0v) is 19.9. The number of aromatic amines is 1. The molecule has 33 heavy (non-hydrogen) atoms. The van der Waals surface area contributed by atoms with Crippen LogP contribution < -0.4 is 10.9 Å². The molecule has 2 heterocycles. The summed E-state index contributed by atoms with van der Waals surface area (Å²) in [4.78, 5) is 35.7. The van der Waals surface area contributed by atoms with Crippen LogP contribution in [0, 0.1) is 28.6 Å². The lowest BCUT2D eigenvalue weighted by Gasteiger charge is -2.28. The van der Waals surface area contributed by atoms with Crippen molar-refractivity contribution in [2.45, 2.75) is 58.4 Å². The van der Waals surface area contributed by atoms with Gasteiger partial charge in [-0.25, -0.2) is 9.37 Å². The van der Waals surface area contributed by atoms with E-state index in [0.29, 0.717) is 0 Å². The maximum atomic E-state index is 15.9. The Morgan fingerprint density at radius 2 is 2.30 bits per heavy atom. The number of fused-ring (bicyclic) bond motifs is 2. The topological polar surface area (TPSA) is 135 Å². The number of H-pyrrole nitrogens is 1. The van der Waals surface area contributed by atoms with Gasteiger partial charge in [-0.05, 0) is 18.8 Å². The predicted molar refractivity (Wildman–Crippen MR) is 120 cm³/mol. The van der Waals surface area contributed by atoms with E-state index in [4.69, 9.17) is 14.3 Å². The van der Waals surface area contributed by atoms with Gasteiger partial charge in [0.2, 0.25) is 11.9 Å². The number of hydrogen-bond donors (Lipinski definition) is 2. The number of aromatic nitrogens is 4. The summed E-state index contributed by atoms with van der Waals surface area (Å²) in [6.45, 7) is 7.50. The average molecular weight is 478 g/mol. The van der Waals surface area contributed by atoms with Crippen molar-refractivity contribution in [1.82, 2.24) is 19.5 Å². The summed E-state index contributed by atoms with van der Waals surface area (Å²) in [5.74, 6) is -0.567. The van der Waals surface area contributed by atoms with E-state index in [1.807, 2.05) is 13.0 Å². The number of nitrogens with zero attached hydrogens (tertiary/aromatic N) is 4. The third-order valence-corrected chi connectivity index (χ3v) is 7.77. The summed E-state index contributed by atoms with van der Waals surface area (Å²) in [6, 6.07) is 1.42. The maximum absolute atomic E-state index is 15.9. The van der Waals surface area contributed by atoms with Gasteiger partial charge in [-0.1, -0.05) is 20.8 Å². The molecule has 12 heteroatoms. The molecule has 0 radical (unpaired) electrons. The molecule has 2 saturated carbocycles. The van der Waals surface area contributed by atoms with E-state index < -0.39 is 32.3 Å². The van der Waals surface area contributed by atoms with Crippen molar-refractivity contribution in [3.05, 3.63) is 16.7 Å². The second-order valence-corrected chi connectivity index (χ2v) is 10.3. The standard InChI is InChI=1S/C21H28FN6O4P/c1-5-21-9-12(21)15(13(22)16(21)32-33(4)31-8-6-7-23)28-10-24-14-17(28)25-20(27-19(14)30)26-18(29)11(2)3/h10-13,15-16H,5-6,8-9H2,1-4H3,(H2,25,26,27,29,30)/t12-,13+,15-,16+,21-,33?/m1/s1. The number of rotatable bonds is 9. The number of halogens is 1. The number of anilines is 1. The Hall–Kier alpha value is -2.41.